The van der Waals surface area contributed by atoms with Crippen molar-refractivity contribution < 1.29 is 9.15 Å². The quantitative estimate of drug-likeness (QED) is 0.336. The fraction of sp³-hybridized carbons (Fsp3) is 0.160. The Kier molecular flexibility index (Phi) is 5.59. The fourth-order valence-electron chi connectivity index (χ4n) is 3.47. The zero-order chi connectivity index (χ0) is 21.4. The molecule has 0 atom stereocenters. The molecule has 0 aliphatic rings. The molecule has 0 radical (unpaired) electrons. The van der Waals surface area contributed by atoms with Crippen LogP contribution >= 0.6 is 23.2 Å². The molecule has 4 aromatic rings. The minimum atomic E-state index is -0.221. The Labute approximate surface area is 184 Å². The van der Waals surface area contributed by atoms with Gasteiger partial charge in [0.1, 0.15) is 12.2 Å². The molecule has 0 N–H and O–H groups in total. The Morgan fingerprint density at radius 2 is 1.57 bits per heavy atom. The van der Waals surface area contributed by atoms with Crippen molar-refractivity contribution in [1.82, 2.24) is 0 Å². The second-order valence-corrected chi connectivity index (χ2v) is 8.22. The van der Waals surface area contributed by atoms with E-state index in [9.17, 15) is 4.79 Å². The second kappa shape index (κ2) is 8.17. The van der Waals surface area contributed by atoms with Gasteiger partial charge in [-0.2, -0.15) is 0 Å². The topological polar surface area (TPSA) is 39.4 Å². The molecule has 0 saturated carbocycles. The van der Waals surface area contributed by atoms with Gasteiger partial charge < -0.3 is 9.15 Å². The number of aryl methyl sites for hydroxylation is 3. The molecule has 0 fully saturated rings. The zero-order valence-electron chi connectivity index (χ0n) is 16.9. The zero-order valence-corrected chi connectivity index (χ0v) is 18.4. The summed E-state index contributed by atoms with van der Waals surface area (Å²) in [6, 6.07) is 16.8. The molecule has 0 amide bonds. The van der Waals surface area contributed by atoms with Crippen molar-refractivity contribution in [3.8, 4) is 17.1 Å². The number of benzene rings is 3. The maximum absolute atomic E-state index is 13.4. The van der Waals surface area contributed by atoms with Crippen molar-refractivity contribution in [1.29, 1.82) is 0 Å². The Balaban J connectivity index is 1.91. The van der Waals surface area contributed by atoms with Crippen LogP contribution in [0.25, 0.3) is 22.3 Å². The molecule has 1 aromatic heterocycles. The van der Waals surface area contributed by atoms with E-state index < -0.39 is 0 Å². The third kappa shape index (κ3) is 3.83. The van der Waals surface area contributed by atoms with Gasteiger partial charge in [0.25, 0.3) is 0 Å². The molecule has 3 aromatic carbocycles. The molecule has 3 nitrogen and oxygen atoms in total. The van der Waals surface area contributed by atoms with Crippen LogP contribution in [-0.4, -0.2) is 0 Å². The van der Waals surface area contributed by atoms with Gasteiger partial charge >= 0.3 is 0 Å². The first-order valence-electron chi connectivity index (χ1n) is 9.56. The van der Waals surface area contributed by atoms with E-state index in [0.717, 1.165) is 22.3 Å². The first-order valence-corrected chi connectivity index (χ1v) is 10.3. The highest BCUT2D eigenvalue weighted by molar-refractivity contribution is 6.35. The summed E-state index contributed by atoms with van der Waals surface area (Å²) in [5.74, 6) is 0.537. The predicted molar refractivity (Wildman–Crippen MR) is 123 cm³/mol. The molecular formula is C25H20Cl2O3. The number of hydrogen-bond donors (Lipinski definition) is 0. The average molecular weight is 439 g/mol. The van der Waals surface area contributed by atoms with Gasteiger partial charge in [-0.1, -0.05) is 65.2 Å². The SMILES string of the molecule is Cc1ccc(-c2oc3c(C)cc(C)cc3c(=O)c2OCc2c(Cl)cccc2Cl)cc1. The smallest absolute Gasteiger partial charge is 0.235 e. The van der Waals surface area contributed by atoms with E-state index in [4.69, 9.17) is 32.4 Å². The summed E-state index contributed by atoms with van der Waals surface area (Å²) in [6.45, 7) is 5.94. The summed E-state index contributed by atoms with van der Waals surface area (Å²) < 4.78 is 12.3. The van der Waals surface area contributed by atoms with E-state index in [1.807, 2.05) is 57.2 Å². The molecule has 0 aliphatic carbocycles. The lowest BCUT2D eigenvalue weighted by Gasteiger charge is -2.14. The summed E-state index contributed by atoms with van der Waals surface area (Å²) in [4.78, 5) is 13.4. The van der Waals surface area contributed by atoms with Crippen LogP contribution in [0.1, 0.15) is 22.3 Å². The third-order valence-electron chi connectivity index (χ3n) is 5.02. The average Bonchev–Trinajstić information content (AvgIpc) is 2.70. The lowest BCUT2D eigenvalue weighted by atomic mass is 10.0. The van der Waals surface area contributed by atoms with Crippen LogP contribution in [0, 0.1) is 20.8 Å². The Morgan fingerprint density at radius 3 is 2.23 bits per heavy atom. The van der Waals surface area contributed by atoms with Crippen molar-refractivity contribution in [2.75, 3.05) is 0 Å². The van der Waals surface area contributed by atoms with E-state index >= 15 is 0 Å². The van der Waals surface area contributed by atoms with E-state index in [1.165, 1.54) is 0 Å². The van der Waals surface area contributed by atoms with Gasteiger partial charge in [0.15, 0.2) is 5.76 Å². The van der Waals surface area contributed by atoms with Crippen LogP contribution in [0.4, 0.5) is 0 Å². The minimum absolute atomic E-state index is 0.0540. The van der Waals surface area contributed by atoms with Crippen molar-refractivity contribution >= 4 is 34.2 Å². The van der Waals surface area contributed by atoms with Gasteiger partial charge in [-0.15, -0.1) is 0 Å². The van der Waals surface area contributed by atoms with Crippen LogP contribution in [-0.2, 0) is 6.61 Å². The Morgan fingerprint density at radius 1 is 0.900 bits per heavy atom. The van der Waals surface area contributed by atoms with Crippen LogP contribution in [0.15, 0.2) is 63.8 Å². The van der Waals surface area contributed by atoms with E-state index in [0.29, 0.717) is 32.3 Å². The Bertz CT molecular complexity index is 1280. The normalized spacial score (nSPS) is 11.1. The van der Waals surface area contributed by atoms with Crippen LogP contribution in [0.5, 0.6) is 5.75 Å². The van der Waals surface area contributed by atoms with Crippen LogP contribution in [0.2, 0.25) is 10.0 Å². The first-order chi connectivity index (χ1) is 14.3. The molecule has 0 aliphatic heterocycles. The second-order valence-electron chi connectivity index (χ2n) is 7.40. The van der Waals surface area contributed by atoms with Crippen molar-refractivity contribution in [2.24, 2.45) is 0 Å². The number of fused-ring (bicyclic) bond motifs is 1. The number of rotatable bonds is 4. The van der Waals surface area contributed by atoms with Gasteiger partial charge in [0.05, 0.1) is 5.39 Å². The predicted octanol–water partition coefficient (Wildman–Crippen LogP) is 7.27. The summed E-state index contributed by atoms with van der Waals surface area (Å²) in [6.07, 6.45) is 0. The van der Waals surface area contributed by atoms with Crippen LogP contribution in [0.3, 0.4) is 0 Å². The highest BCUT2D eigenvalue weighted by atomic mass is 35.5. The molecule has 1 heterocycles. The minimum Gasteiger partial charge on any atom is -0.481 e. The molecule has 0 spiro atoms. The number of halogens is 2. The molecule has 5 heteroatoms. The first kappa shape index (κ1) is 20.5. The maximum Gasteiger partial charge on any atom is 0.235 e. The van der Waals surface area contributed by atoms with Gasteiger partial charge in [0.2, 0.25) is 11.2 Å². The molecule has 0 saturated heterocycles. The summed E-state index contributed by atoms with van der Waals surface area (Å²) in [5, 5.41) is 1.45. The summed E-state index contributed by atoms with van der Waals surface area (Å²) in [7, 11) is 0. The molecule has 152 valence electrons. The highest BCUT2D eigenvalue weighted by Gasteiger charge is 2.20. The molecule has 0 bridgehead atoms. The van der Waals surface area contributed by atoms with E-state index in [2.05, 4.69) is 0 Å². The molecule has 30 heavy (non-hydrogen) atoms. The van der Waals surface area contributed by atoms with Crippen molar-refractivity contribution in [3.63, 3.8) is 0 Å². The lowest BCUT2D eigenvalue weighted by Crippen LogP contribution is -2.11. The maximum atomic E-state index is 13.4. The van der Waals surface area contributed by atoms with Crippen molar-refractivity contribution in [2.45, 2.75) is 27.4 Å². The van der Waals surface area contributed by atoms with E-state index in [1.54, 1.807) is 18.2 Å². The van der Waals surface area contributed by atoms with Gasteiger partial charge in [-0.05, 0) is 50.1 Å². The van der Waals surface area contributed by atoms with Gasteiger partial charge in [-0.3, -0.25) is 4.79 Å². The molecule has 0 unspecified atom stereocenters. The standard InChI is InChI=1S/C25H20Cl2O3/c1-14-7-9-17(10-8-14)24-25(29-13-19-20(26)5-4-6-21(19)27)22(28)18-12-15(2)11-16(3)23(18)30-24/h4-12H,13H2,1-3H3. The summed E-state index contributed by atoms with van der Waals surface area (Å²) in [5.41, 5.74) is 4.71. The molecule has 4 rings (SSSR count). The highest BCUT2D eigenvalue weighted by Crippen LogP contribution is 2.34. The molecular weight excluding hydrogens is 419 g/mol. The van der Waals surface area contributed by atoms with E-state index in [-0.39, 0.29) is 17.8 Å². The third-order valence-corrected chi connectivity index (χ3v) is 5.72. The van der Waals surface area contributed by atoms with Crippen molar-refractivity contribution in [3.05, 3.63) is 97.1 Å². The van der Waals surface area contributed by atoms with Crippen LogP contribution < -0.4 is 10.2 Å². The van der Waals surface area contributed by atoms with Gasteiger partial charge in [0, 0.05) is 21.2 Å². The largest absolute Gasteiger partial charge is 0.481 e. The fourth-order valence-corrected chi connectivity index (χ4v) is 3.98. The number of ether oxygens (including phenoxy) is 1. The Hall–Kier alpha value is -2.75. The number of hydrogen-bond acceptors (Lipinski definition) is 3. The lowest BCUT2D eigenvalue weighted by molar-refractivity contribution is 0.298. The van der Waals surface area contributed by atoms with Gasteiger partial charge in [-0.25, -0.2) is 0 Å². The monoisotopic (exact) mass is 438 g/mol. The summed E-state index contributed by atoms with van der Waals surface area (Å²) >= 11 is 12.6.